The number of amides is 4. The summed E-state index contributed by atoms with van der Waals surface area (Å²) >= 11 is 0. The summed E-state index contributed by atoms with van der Waals surface area (Å²) in [5.41, 5.74) is -0.833. The smallest absolute Gasteiger partial charge is 0.410 e. The third-order valence-electron chi connectivity index (χ3n) is 18.3. The van der Waals surface area contributed by atoms with Crippen molar-refractivity contribution in [2.24, 2.45) is 11.8 Å². The molecule has 2 saturated heterocycles. The number of aryl methyl sites for hydroxylation is 1. The van der Waals surface area contributed by atoms with E-state index in [9.17, 15) is 38.4 Å². The summed E-state index contributed by atoms with van der Waals surface area (Å²) in [6, 6.07) is 18.4. The number of likely N-dealkylation sites (N-methyl/N-ethyl adjacent to an activating group) is 4. The molecule has 2 aliphatic carbocycles. The molecule has 2 heterocycles. The van der Waals surface area contributed by atoms with Crippen molar-refractivity contribution in [3.05, 3.63) is 107 Å². The summed E-state index contributed by atoms with van der Waals surface area (Å²) in [5.74, 6) is -6.75. The molecule has 0 radical (unpaired) electrons. The van der Waals surface area contributed by atoms with Crippen LogP contribution in [-0.2, 0) is 95.7 Å². The summed E-state index contributed by atoms with van der Waals surface area (Å²) in [6.45, 7) is 10.5. The molecule has 2 aliphatic heterocycles. The van der Waals surface area contributed by atoms with Crippen molar-refractivity contribution in [1.82, 2.24) is 19.6 Å². The Kier molecular flexibility index (Phi) is 28.0. The average Bonchev–Trinajstić information content (AvgIpc) is 1.65. The van der Waals surface area contributed by atoms with Gasteiger partial charge in [-0.25, -0.2) is 37.5 Å². The van der Waals surface area contributed by atoms with Crippen LogP contribution in [0.25, 0.3) is 0 Å². The molecule has 23 heteroatoms. The van der Waals surface area contributed by atoms with Crippen LogP contribution in [0, 0.1) is 11.8 Å². The van der Waals surface area contributed by atoms with Gasteiger partial charge in [-0.05, 0) is 158 Å². The highest BCUT2D eigenvalue weighted by molar-refractivity contribution is 5.93. The summed E-state index contributed by atoms with van der Waals surface area (Å²) in [7, 11) is 5.20. The molecular formula is C74H102F2N4O17. The summed E-state index contributed by atoms with van der Waals surface area (Å²) in [4.78, 5) is 132. The van der Waals surface area contributed by atoms with E-state index < -0.39 is 133 Å². The monoisotopic (exact) mass is 1360 g/mol. The Bertz CT molecular complexity index is 3110. The first kappa shape index (κ1) is 76.8. The highest BCUT2D eigenvalue weighted by Gasteiger charge is 2.44. The largest absolute Gasteiger partial charge is 0.458 e. The Morgan fingerprint density at radius 3 is 1.48 bits per heavy atom. The summed E-state index contributed by atoms with van der Waals surface area (Å²) in [5, 5.41) is 0. The molecule has 0 aromatic heterocycles. The second kappa shape index (κ2) is 35.3. The van der Waals surface area contributed by atoms with Crippen molar-refractivity contribution < 1.29 is 89.8 Å². The van der Waals surface area contributed by atoms with Crippen molar-refractivity contribution in [3.63, 3.8) is 0 Å². The lowest BCUT2D eigenvalue weighted by molar-refractivity contribution is -0.172. The van der Waals surface area contributed by atoms with Gasteiger partial charge in [-0.3, -0.25) is 19.3 Å². The van der Waals surface area contributed by atoms with E-state index in [-0.39, 0.29) is 56.5 Å². The van der Waals surface area contributed by atoms with Crippen LogP contribution in [0.3, 0.4) is 0 Å². The number of rotatable bonds is 34. The Morgan fingerprint density at radius 2 is 0.969 bits per heavy atom. The van der Waals surface area contributed by atoms with E-state index >= 15 is 13.6 Å². The number of hydrogen-bond donors (Lipinski definition) is 0. The number of nitrogens with zero attached hydrogens (tertiary/aromatic N) is 4. The molecule has 7 rings (SSSR count). The predicted octanol–water partition coefficient (Wildman–Crippen LogP) is 10.3. The van der Waals surface area contributed by atoms with Gasteiger partial charge in [0.2, 0.25) is 0 Å². The number of carbonyl (C=O) groups is 9. The number of esters is 5. The van der Waals surface area contributed by atoms with Gasteiger partial charge in [0.05, 0.1) is 0 Å². The molecule has 3 aromatic carbocycles. The van der Waals surface area contributed by atoms with Crippen molar-refractivity contribution in [1.29, 1.82) is 0 Å². The maximum absolute atomic E-state index is 16.0. The summed E-state index contributed by atoms with van der Waals surface area (Å²) in [6.07, 6.45) is 1.98. The first-order valence-corrected chi connectivity index (χ1v) is 34.2. The third-order valence-corrected chi connectivity index (χ3v) is 18.3. The van der Waals surface area contributed by atoms with Gasteiger partial charge in [0.1, 0.15) is 47.7 Å². The highest BCUT2D eigenvalue weighted by Crippen LogP contribution is 2.37. The van der Waals surface area contributed by atoms with Crippen LogP contribution in [0.1, 0.15) is 178 Å². The lowest BCUT2D eigenvalue weighted by Crippen LogP contribution is -2.53. The van der Waals surface area contributed by atoms with E-state index in [0.29, 0.717) is 44.3 Å². The number of carbonyl (C=O) groups excluding carboxylic acids is 9. The number of hydrogen-bond acceptors (Lipinski definition) is 17. The minimum absolute atomic E-state index is 0.0557. The fourth-order valence-electron chi connectivity index (χ4n) is 12.1. The van der Waals surface area contributed by atoms with Crippen molar-refractivity contribution in [2.45, 2.75) is 223 Å². The molecule has 2 saturated carbocycles. The second-order valence-electron chi connectivity index (χ2n) is 28.8. The van der Waals surface area contributed by atoms with E-state index in [0.717, 1.165) is 93.2 Å². The van der Waals surface area contributed by atoms with Crippen LogP contribution < -0.4 is 0 Å². The van der Waals surface area contributed by atoms with Gasteiger partial charge in [-0.1, -0.05) is 105 Å². The normalized spacial score (nSPS) is 17.4. The van der Waals surface area contributed by atoms with Gasteiger partial charge in [-0.2, -0.15) is 0 Å². The zero-order valence-corrected chi connectivity index (χ0v) is 58.5. The van der Waals surface area contributed by atoms with Crippen LogP contribution in [0.2, 0.25) is 0 Å². The second-order valence-corrected chi connectivity index (χ2v) is 28.8. The van der Waals surface area contributed by atoms with Crippen LogP contribution in [-0.4, -0.2) is 194 Å². The van der Waals surface area contributed by atoms with Crippen molar-refractivity contribution >= 4 is 53.7 Å². The topological polar surface area (TPSA) is 240 Å². The molecule has 0 N–H and O–H groups in total. The summed E-state index contributed by atoms with van der Waals surface area (Å²) < 4.78 is 77.0. The zero-order valence-electron chi connectivity index (χ0n) is 58.5. The van der Waals surface area contributed by atoms with Gasteiger partial charge in [0, 0.05) is 73.9 Å². The predicted molar refractivity (Wildman–Crippen MR) is 355 cm³/mol. The average molecular weight is 1360 g/mol. The number of halogens is 2. The SMILES string of the molecule is CN(C(=O)COC(=O)[C@H](CCC1CC1)N(C)C(=O)[C@@H](CCc1ccc(C2CCOCC2)cc1)OC(=O)[C@H](CC(C)(C)F)N(C)C(=O)OC(C)(C)C)[C@@H](CC(C)(C)F)C(=O)O[C@H](Cc1ccc(C2CCOCC2)cc1)C(=O)N(C)[C@@H](CC1CC1)C(=O)OCC(=O)OCc1ccccc1. The molecule has 3 aromatic rings. The molecule has 4 amide bonds. The van der Waals surface area contributed by atoms with Crippen LogP contribution in [0.4, 0.5) is 13.6 Å². The first-order valence-electron chi connectivity index (χ1n) is 34.2. The molecular weight excluding hydrogens is 1250 g/mol. The van der Waals surface area contributed by atoms with E-state index in [1.165, 1.54) is 55.9 Å². The third kappa shape index (κ3) is 25.1. The number of benzene rings is 3. The van der Waals surface area contributed by atoms with Crippen molar-refractivity contribution in [2.75, 3.05) is 67.8 Å². The van der Waals surface area contributed by atoms with Crippen molar-refractivity contribution in [3.8, 4) is 0 Å². The lowest BCUT2D eigenvalue weighted by Gasteiger charge is -2.34. The van der Waals surface area contributed by atoms with E-state index in [1.807, 2.05) is 54.6 Å². The molecule has 4 aliphatic rings. The van der Waals surface area contributed by atoms with E-state index in [4.69, 9.17) is 37.9 Å². The first-order chi connectivity index (χ1) is 45.8. The van der Waals surface area contributed by atoms with Gasteiger partial charge >= 0.3 is 35.9 Å². The Balaban J connectivity index is 1.10. The quantitative estimate of drug-likeness (QED) is 0.0399. The standard InChI is InChI=1S/C74H102F2N4O17/c1-72(2,3)97-71(89)80(11)60(44-74(6,7)76)70(88)95-61(32-26-49-21-27-53(28-22-49)55-33-37-90-38-34-55)65(83)78(9)57(31-25-48-17-18-48)67(85)93-46-63(81)77(8)59(43-73(4,5)75)69(87)96-62(42-51-23-29-54(30-24-51)56-35-39-91-40-36-56)66(84)79(10)58(41-50-19-20-50)68(86)94-47-64(82)92-45-52-15-13-12-14-16-52/h12-16,21-24,27-30,48,50,55-62H,17-20,25-26,31-47H2,1-11H3/t57-,58-,59-,60-,61+,62+/m0/s1. The Labute approximate surface area is 570 Å². The maximum Gasteiger partial charge on any atom is 0.410 e. The molecule has 0 spiro atoms. The van der Waals surface area contributed by atoms with E-state index in [2.05, 4.69) is 0 Å². The van der Waals surface area contributed by atoms with Crippen LogP contribution >= 0.6 is 0 Å². The minimum atomic E-state index is -2.13. The fraction of sp³-hybridized carbons (Fsp3) is 0.635. The Morgan fingerprint density at radius 1 is 0.495 bits per heavy atom. The maximum atomic E-state index is 16.0. The fourth-order valence-corrected chi connectivity index (χ4v) is 12.1. The molecule has 97 heavy (non-hydrogen) atoms. The number of ether oxygens (including phenoxy) is 8. The molecule has 0 bridgehead atoms. The number of alkyl halides is 2. The minimum Gasteiger partial charge on any atom is -0.458 e. The molecule has 0 unspecified atom stereocenters. The molecule has 4 fully saturated rings. The van der Waals surface area contributed by atoms with E-state index in [1.54, 1.807) is 45.0 Å². The molecule has 21 nitrogen and oxygen atoms in total. The molecule has 534 valence electrons. The van der Waals surface area contributed by atoms with Gasteiger partial charge in [-0.15, -0.1) is 0 Å². The van der Waals surface area contributed by atoms with Gasteiger partial charge in [0.15, 0.2) is 25.4 Å². The van der Waals surface area contributed by atoms with Gasteiger partial charge < -0.3 is 52.6 Å². The highest BCUT2D eigenvalue weighted by atomic mass is 19.1. The van der Waals surface area contributed by atoms with Crippen LogP contribution in [0.15, 0.2) is 78.9 Å². The molecule has 6 atom stereocenters. The van der Waals surface area contributed by atoms with Gasteiger partial charge in [0.25, 0.3) is 17.7 Å². The van der Waals surface area contributed by atoms with Crippen LogP contribution in [0.5, 0.6) is 0 Å². The lowest BCUT2D eigenvalue weighted by atomic mass is 9.90. The zero-order chi connectivity index (χ0) is 70.8. The Hall–Kier alpha value is -7.53.